The Morgan fingerprint density at radius 2 is 1.48 bits per heavy atom. The number of nitrogens with zero attached hydrogens (tertiary/aromatic N) is 1. The van der Waals surface area contributed by atoms with Crippen LogP contribution in [0.25, 0.3) is 0 Å². The maximum absolute atomic E-state index is 14.1. The minimum atomic E-state index is -0.644. The second-order valence-electron chi connectivity index (χ2n) is 7.66. The normalized spacial score (nSPS) is 36.3. The first-order chi connectivity index (χ1) is 11.9. The Bertz CT molecular complexity index is 733. The van der Waals surface area contributed by atoms with E-state index in [0.717, 1.165) is 11.1 Å². The van der Waals surface area contributed by atoms with E-state index >= 15 is 0 Å². The maximum Gasteiger partial charge on any atom is 0.164 e. The molecule has 2 saturated heterocycles. The molecule has 2 fully saturated rings. The summed E-state index contributed by atoms with van der Waals surface area (Å²) >= 11 is 0. The van der Waals surface area contributed by atoms with E-state index in [1.54, 1.807) is 0 Å². The highest BCUT2D eigenvalue weighted by atomic mass is 16.8. The van der Waals surface area contributed by atoms with Crippen LogP contribution in [0.2, 0.25) is 0 Å². The highest BCUT2D eigenvalue weighted by Crippen LogP contribution is 2.51. The first-order valence-corrected chi connectivity index (χ1v) is 8.94. The minimum absolute atomic E-state index is 0.193. The number of quaternary nitrogens is 1. The van der Waals surface area contributed by atoms with E-state index in [1.165, 1.54) is 0 Å². The fraction of sp³-hybridized carbons (Fsp3) is 0.429. The Kier molecular flexibility index (Phi) is 3.96. The van der Waals surface area contributed by atoms with Crippen molar-refractivity contribution in [1.82, 2.24) is 0 Å². The molecular weight excluding hydrogens is 314 g/mol. The lowest BCUT2D eigenvalue weighted by molar-refractivity contribution is -0.936. The van der Waals surface area contributed by atoms with Crippen LogP contribution < -0.4 is 0 Å². The molecule has 0 bridgehead atoms. The molecule has 2 aliphatic heterocycles. The van der Waals surface area contributed by atoms with Gasteiger partial charge in [0.1, 0.15) is 30.8 Å². The molecule has 0 amide bonds. The predicted molar refractivity (Wildman–Crippen MR) is 96.2 cm³/mol. The SMILES string of the molecule is C[C@H]1[C@H]2OC(C)(C)O[C@H]2[C@@H](c2ccccc2)[N@@+]1([O-])Cc1ccccc1. The molecule has 0 N–H and O–H groups in total. The van der Waals surface area contributed by atoms with E-state index in [2.05, 4.69) is 0 Å². The van der Waals surface area contributed by atoms with Crippen LogP contribution >= 0.6 is 0 Å². The monoisotopic (exact) mass is 339 g/mol. The third kappa shape index (κ3) is 2.79. The summed E-state index contributed by atoms with van der Waals surface area (Å²) in [6, 6.07) is 19.5. The Balaban J connectivity index is 1.76. The number of ether oxygens (including phenoxy) is 2. The molecule has 0 aromatic heterocycles. The molecule has 0 unspecified atom stereocenters. The van der Waals surface area contributed by atoms with Crippen molar-refractivity contribution in [3.8, 4) is 0 Å². The summed E-state index contributed by atoms with van der Waals surface area (Å²) in [5, 5.41) is 14.1. The van der Waals surface area contributed by atoms with E-state index in [4.69, 9.17) is 9.47 Å². The van der Waals surface area contributed by atoms with E-state index in [0.29, 0.717) is 6.54 Å². The van der Waals surface area contributed by atoms with Gasteiger partial charge in [-0.15, -0.1) is 0 Å². The van der Waals surface area contributed by atoms with Gasteiger partial charge in [-0.1, -0.05) is 60.7 Å². The lowest BCUT2D eigenvalue weighted by Crippen LogP contribution is -2.50. The van der Waals surface area contributed by atoms with Gasteiger partial charge in [0.05, 0.1) is 0 Å². The summed E-state index contributed by atoms with van der Waals surface area (Å²) < 4.78 is 12.0. The van der Waals surface area contributed by atoms with Gasteiger partial charge in [0.25, 0.3) is 0 Å². The number of hydrogen-bond donors (Lipinski definition) is 0. The van der Waals surface area contributed by atoms with Gasteiger partial charge < -0.3 is 19.3 Å². The summed E-state index contributed by atoms with van der Waals surface area (Å²) in [5.41, 5.74) is 2.07. The van der Waals surface area contributed by atoms with Crippen molar-refractivity contribution < 1.29 is 14.1 Å². The molecule has 0 aliphatic carbocycles. The lowest BCUT2D eigenvalue weighted by atomic mass is 10.0. The predicted octanol–water partition coefficient (Wildman–Crippen LogP) is 4.16. The Morgan fingerprint density at radius 1 is 0.920 bits per heavy atom. The average molecular weight is 339 g/mol. The molecule has 25 heavy (non-hydrogen) atoms. The van der Waals surface area contributed by atoms with E-state index in [9.17, 15) is 5.21 Å². The minimum Gasteiger partial charge on any atom is -0.632 e. The summed E-state index contributed by atoms with van der Waals surface area (Å²) in [4.78, 5) is 0. The van der Waals surface area contributed by atoms with Crippen molar-refractivity contribution in [2.24, 2.45) is 0 Å². The molecule has 2 aliphatic rings. The van der Waals surface area contributed by atoms with Crippen LogP contribution in [0.15, 0.2) is 60.7 Å². The molecular formula is C21H25NO3. The summed E-state index contributed by atoms with van der Waals surface area (Å²) in [6.07, 6.45) is -0.421. The number of hydrogen-bond acceptors (Lipinski definition) is 3. The Hall–Kier alpha value is -1.72. The molecule has 2 aromatic carbocycles. The van der Waals surface area contributed by atoms with E-state index in [-0.39, 0.29) is 28.9 Å². The molecule has 2 heterocycles. The Labute approximate surface area is 149 Å². The number of hydroxylamine groups is 3. The van der Waals surface area contributed by atoms with E-state index < -0.39 is 5.79 Å². The second-order valence-corrected chi connectivity index (χ2v) is 7.66. The van der Waals surface area contributed by atoms with Gasteiger partial charge in [-0.3, -0.25) is 0 Å². The molecule has 2 aromatic rings. The Morgan fingerprint density at radius 3 is 2.12 bits per heavy atom. The van der Waals surface area contributed by atoms with Crippen molar-refractivity contribution in [3.05, 3.63) is 77.0 Å². The van der Waals surface area contributed by atoms with Crippen molar-refractivity contribution in [2.45, 2.75) is 57.4 Å². The summed E-state index contributed by atoms with van der Waals surface area (Å²) in [6.45, 7) is 6.27. The van der Waals surface area contributed by atoms with Gasteiger partial charge in [-0.25, -0.2) is 0 Å². The van der Waals surface area contributed by atoms with Gasteiger partial charge in [0, 0.05) is 11.1 Å². The molecule has 0 radical (unpaired) electrons. The fourth-order valence-corrected chi connectivity index (χ4v) is 4.39. The van der Waals surface area contributed by atoms with Crippen LogP contribution in [-0.4, -0.2) is 28.7 Å². The topological polar surface area (TPSA) is 41.5 Å². The molecule has 0 spiro atoms. The molecule has 132 valence electrons. The van der Waals surface area contributed by atoms with Crippen LogP contribution in [0, 0.1) is 5.21 Å². The van der Waals surface area contributed by atoms with Gasteiger partial charge in [-0.2, -0.15) is 0 Å². The van der Waals surface area contributed by atoms with Crippen LogP contribution in [-0.2, 0) is 16.0 Å². The highest BCUT2D eigenvalue weighted by Gasteiger charge is 2.62. The van der Waals surface area contributed by atoms with Crippen LogP contribution in [0.1, 0.15) is 37.9 Å². The molecule has 4 rings (SSSR count). The van der Waals surface area contributed by atoms with Gasteiger partial charge >= 0.3 is 0 Å². The highest BCUT2D eigenvalue weighted by molar-refractivity contribution is 5.23. The molecule has 4 nitrogen and oxygen atoms in total. The van der Waals surface area contributed by atoms with E-state index in [1.807, 2.05) is 81.4 Å². The summed E-state index contributed by atoms with van der Waals surface area (Å²) in [5.74, 6) is -0.644. The largest absolute Gasteiger partial charge is 0.632 e. The smallest absolute Gasteiger partial charge is 0.164 e. The lowest BCUT2D eigenvalue weighted by Gasteiger charge is -2.49. The first kappa shape index (κ1) is 16.7. The number of rotatable bonds is 3. The molecule has 5 atom stereocenters. The third-order valence-corrected chi connectivity index (χ3v) is 5.52. The third-order valence-electron chi connectivity index (χ3n) is 5.52. The average Bonchev–Trinajstić information content (AvgIpc) is 2.99. The molecule has 0 saturated carbocycles. The van der Waals surface area contributed by atoms with Crippen molar-refractivity contribution >= 4 is 0 Å². The van der Waals surface area contributed by atoms with Crippen molar-refractivity contribution in [1.29, 1.82) is 0 Å². The zero-order valence-electron chi connectivity index (χ0n) is 15.0. The van der Waals surface area contributed by atoms with Crippen LogP contribution in [0.5, 0.6) is 0 Å². The fourth-order valence-electron chi connectivity index (χ4n) is 4.39. The van der Waals surface area contributed by atoms with Crippen LogP contribution in [0.3, 0.4) is 0 Å². The first-order valence-electron chi connectivity index (χ1n) is 8.94. The second kappa shape index (κ2) is 5.92. The maximum atomic E-state index is 14.1. The van der Waals surface area contributed by atoms with Gasteiger partial charge in [-0.05, 0) is 20.8 Å². The summed E-state index contributed by atoms with van der Waals surface area (Å²) in [7, 11) is 0. The van der Waals surface area contributed by atoms with Gasteiger partial charge in [0.2, 0.25) is 0 Å². The number of fused-ring (bicyclic) bond motifs is 1. The zero-order chi connectivity index (χ0) is 17.7. The quantitative estimate of drug-likeness (QED) is 0.623. The van der Waals surface area contributed by atoms with Crippen molar-refractivity contribution in [2.75, 3.05) is 0 Å². The standard InChI is InChI=1S/C21H25NO3/c1-15-19-20(25-21(2,3)24-19)18(17-12-8-5-9-13-17)22(15,23)14-16-10-6-4-7-11-16/h4-13,15,18-20H,14H2,1-3H3/t15-,18+,19+,20-,22+/m0/s1. The van der Waals surface area contributed by atoms with Crippen LogP contribution in [0.4, 0.5) is 0 Å². The zero-order valence-corrected chi connectivity index (χ0v) is 15.0. The molecule has 4 heteroatoms. The van der Waals surface area contributed by atoms with Crippen molar-refractivity contribution in [3.63, 3.8) is 0 Å². The number of likely N-dealkylation sites (tertiary alicyclic amines) is 1. The van der Waals surface area contributed by atoms with Gasteiger partial charge in [0.15, 0.2) is 5.79 Å². The number of benzene rings is 2.